The molecule has 2 aromatic rings. The van der Waals surface area contributed by atoms with E-state index in [9.17, 15) is 4.79 Å². The Hall–Kier alpha value is -2.20. The third-order valence-corrected chi connectivity index (χ3v) is 5.05. The Kier molecular flexibility index (Phi) is 13.9. The highest BCUT2D eigenvalue weighted by atomic mass is 35.5. The van der Waals surface area contributed by atoms with Gasteiger partial charge in [-0.25, -0.2) is 0 Å². The minimum atomic E-state index is -0.787. The molecule has 1 aliphatic heterocycles. The van der Waals surface area contributed by atoms with E-state index in [1.807, 2.05) is 79.7 Å². The number of benzene rings is 2. The lowest BCUT2D eigenvalue weighted by atomic mass is 10.00. The average molecular weight is 479 g/mol. The predicted octanol–water partition coefficient (Wildman–Crippen LogP) is 8.35. The molecule has 0 saturated carbocycles. The zero-order chi connectivity index (χ0) is 25.8. The zero-order valence-corrected chi connectivity index (χ0v) is 22.9. The summed E-state index contributed by atoms with van der Waals surface area (Å²) in [6.45, 7) is 20.4. The highest BCUT2D eigenvalue weighted by molar-refractivity contribution is 6.30. The van der Waals surface area contributed by atoms with E-state index in [-0.39, 0.29) is 12.0 Å². The molecule has 186 valence electrons. The quantitative estimate of drug-likeness (QED) is 0.453. The van der Waals surface area contributed by atoms with Gasteiger partial charge in [0.2, 0.25) is 0 Å². The van der Waals surface area contributed by atoms with Crippen molar-refractivity contribution >= 4 is 17.6 Å². The molecule has 0 spiro atoms. The van der Waals surface area contributed by atoms with Crippen molar-refractivity contribution in [1.82, 2.24) is 0 Å². The summed E-state index contributed by atoms with van der Waals surface area (Å²) in [5.74, 6) is 0.875. The van der Waals surface area contributed by atoms with Gasteiger partial charge in [-0.1, -0.05) is 59.2 Å². The van der Waals surface area contributed by atoms with Crippen molar-refractivity contribution in [1.29, 1.82) is 0 Å². The van der Waals surface area contributed by atoms with Gasteiger partial charge in [0, 0.05) is 23.4 Å². The van der Waals surface area contributed by atoms with Crippen LogP contribution < -0.4 is 9.47 Å². The zero-order valence-electron chi connectivity index (χ0n) is 22.2. The first-order valence-corrected chi connectivity index (χ1v) is 12.5. The molecule has 1 N–H and O–H groups in total. The van der Waals surface area contributed by atoms with Gasteiger partial charge in [-0.2, -0.15) is 0 Å². The molecule has 0 unspecified atom stereocenters. The Morgan fingerprint density at radius 1 is 1.00 bits per heavy atom. The van der Waals surface area contributed by atoms with E-state index < -0.39 is 5.97 Å². The summed E-state index contributed by atoms with van der Waals surface area (Å²) in [5.41, 5.74) is 4.88. The number of halogens is 1. The van der Waals surface area contributed by atoms with Gasteiger partial charge in [0.25, 0.3) is 0 Å². The number of rotatable bonds is 6. The van der Waals surface area contributed by atoms with E-state index in [4.69, 9.17) is 26.2 Å². The van der Waals surface area contributed by atoms with Crippen molar-refractivity contribution in [2.24, 2.45) is 0 Å². The Balaban J connectivity index is 0.00000158. The second-order valence-electron chi connectivity index (χ2n) is 7.82. The molecule has 0 fully saturated rings. The van der Waals surface area contributed by atoms with Gasteiger partial charge in [-0.05, 0) is 74.6 Å². The Bertz CT molecular complexity index is 888. The number of carbonyl (C=O) groups is 1. The fourth-order valence-corrected chi connectivity index (χ4v) is 3.79. The van der Waals surface area contributed by atoms with Crippen LogP contribution in [0.3, 0.4) is 0 Å². The number of carboxylic acid groups (broad SMARTS) is 1. The minimum absolute atomic E-state index is 0.127. The molecule has 0 atom stereocenters. The van der Waals surface area contributed by atoms with Gasteiger partial charge in [0.1, 0.15) is 23.7 Å². The second-order valence-corrected chi connectivity index (χ2v) is 8.25. The van der Waals surface area contributed by atoms with Crippen LogP contribution in [-0.2, 0) is 24.2 Å². The molecule has 1 aliphatic rings. The summed E-state index contributed by atoms with van der Waals surface area (Å²) in [6.07, 6.45) is 1.47. The number of fused-ring (bicyclic) bond motifs is 1. The van der Waals surface area contributed by atoms with E-state index in [1.165, 1.54) is 0 Å². The number of aliphatic carboxylic acids is 1. The summed E-state index contributed by atoms with van der Waals surface area (Å²) >= 11 is 6.28. The molecule has 5 heteroatoms. The molecule has 2 aromatic carbocycles. The van der Waals surface area contributed by atoms with Gasteiger partial charge in [-0.3, -0.25) is 4.79 Å². The Morgan fingerprint density at radius 2 is 1.61 bits per heavy atom. The summed E-state index contributed by atoms with van der Waals surface area (Å²) in [4.78, 5) is 10.8. The highest BCUT2D eigenvalue weighted by Crippen LogP contribution is 2.40. The van der Waals surface area contributed by atoms with Crippen LogP contribution in [0.15, 0.2) is 24.3 Å². The fraction of sp³-hybridized carbons (Fsp3) is 0.536. The van der Waals surface area contributed by atoms with Gasteiger partial charge in [-0.15, -0.1) is 0 Å². The molecule has 4 nitrogen and oxygen atoms in total. The van der Waals surface area contributed by atoms with E-state index in [0.717, 1.165) is 45.7 Å². The van der Waals surface area contributed by atoms with Crippen LogP contribution in [0.4, 0.5) is 0 Å². The molecule has 3 rings (SSSR count). The van der Waals surface area contributed by atoms with E-state index in [2.05, 4.69) is 13.8 Å². The topological polar surface area (TPSA) is 55.8 Å². The van der Waals surface area contributed by atoms with Crippen LogP contribution in [0, 0.1) is 13.8 Å². The van der Waals surface area contributed by atoms with E-state index in [1.54, 1.807) is 0 Å². The standard InChI is InChI=1S/C22H25ClO4.3C2H6/c1-13-8-19(14(2)7-15(13)5-6-20(24)25)26-12-17-10-18(23)9-16-11-22(3,4)27-21(16)17;3*1-2/h7-10H,5-6,11-12H2,1-4H3,(H,24,25);3*1-2H3. The summed E-state index contributed by atoms with van der Waals surface area (Å²) in [5, 5.41) is 9.57. The number of hydrogen-bond donors (Lipinski definition) is 1. The van der Waals surface area contributed by atoms with Crippen molar-refractivity contribution in [3.05, 3.63) is 57.1 Å². The van der Waals surface area contributed by atoms with Gasteiger partial charge >= 0.3 is 5.97 Å². The average Bonchev–Trinajstić information content (AvgIpc) is 3.10. The van der Waals surface area contributed by atoms with Crippen LogP contribution in [0.5, 0.6) is 11.5 Å². The molecule has 0 aromatic heterocycles. The summed E-state index contributed by atoms with van der Waals surface area (Å²) in [7, 11) is 0. The highest BCUT2D eigenvalue weighted by Gasteiger charge is 2.32. The second kappa shape index (κ2) is 14.8. The third-order valence-electron chi connectivity index (χ3n) is 4.83. The van der Waals surface area contributed by atoms with Crippen LogP contribution in [-0.4, -0.2) is 16.7 Å². The first kappa shape index (κ1) is 30.8. The molecule has 0 amide bonds. The van der Waals surface area contributed by atoms with Crippen LogP contribution >= 0.6 is 11.6 Å². The molecule has 0 aliphatic carbocycles. The lowest BCUT2D eigenvalue weighted by molar-refractivity contribution is -0.136. The first-order valence-electron chi connectivity index (χ1n) is 12.1. The van der Waals surface area contributed by atoms with Crippen molar-refractivity contribution in [2.45, 2.75) is 101 Å². The van der Waals surface area contributed by atoms with Crippen LogP contribution in [0.2, 0.25) is 5.02 Å². The van der Waals surface area contributed by atoms with Crippen LogP contribution in [0.25, 0.3) is 0 Å². The fourth-order valence-electron chi connectivity index (χ4n) is 3.52. The smallest absolute Gasteiger partial charge is 0.303 e. The summed E-state index contributed by atoms with van der Waals surface area (Å²) < 4.78 is 12.2. The molecule has 0 bridgehead atoms. The van der Waals surface area contributed by atoms with Crippen molar-refractivity contribution < 1.29 is 19.4 Å². The molecular formula is C28H43ClO4. The lowest BCUT2D eigenvalue weighted by Crippen LogP contribution is -2.25. The van der Waals surface area contributed by atoms with Crippen molar-refractivity contribution in [3.63, 3.8) is 0 Å². The number of ether oxygens (including phenoxy) is 2. The Morgan fingerprint density at radius 3 is 2.18 bits per heavy atom. The molecule has 0 saturated heterocycles. The van der Waals surface area contributed by atoms with Crippen LogP contribution in [0.1, 0.15) is 89.6 Å². The third kappa shape index (κ3) is 9.29. The number of aryl methyl sites for hydroxylation is 3. The maximum atomic E-state index is 10.8. The summed E-state index contributed by atoms with van der Waals surface area (Å²) in [6, 6.07) is 7.84. The molecule has 33 heavy (non-hydrogen) atoms. The normalized spacial score (nSPS) is 12.5. The largest absolute Gasteiger partial charge is 0.488 e. The van der Waals surface area contributed by atoms with Crippen molar-refractivity contribution in [2.75, 3.05) is 0 Å². The van der Waals surface area contributed by atoms with E-state index in [0.29, 0.717) is 18.1 Å². The molecule has 1 heterocycles. The minimum Gasteiger partial charge on any atom is -0.488 e. The van der Waals surface area contributed by atoms with E-state index >= 15 is 0 Å². The maximum Gasteiger partial charge on any atom is 0.303 e. The predicted molar refractivity (Wildman–Crippen MR) is 140 cm³/mol. The number of hydrogen-bond acceptors (Lipinski definition) is 3. The van der Waals surface area contributed by atoms with Gasteiger partial charge in [0.05, 0.1) is 0 Å². The molecular weight excluding hydrogens is 436 g/mol. The molecule has 0 radical (unpaired) electrons. The first-order chi connectivity index (χ1) is 15.6. The van der Waals surface area contributed by atoms with Crippen molar-refractivity contribution in [3.8, 4) is 11.5 Å². The number of carboxylic acids is 1. The lowest BCUT2D eigenvalue weighted by Gasteiger charge is -2.19. The SMILES string of the molecule is CC.CC.CC.Cc1cc(OCc2cc(Cl)cc3c2OC(C)(C)C3)c(C)cc1CCC(=O)O. The van der Waals surface area contributed by atoms with Gasteiger partial charge < -0.3 is 14.6 Å². The maximum absolute atomic E-state index is 10.8. The van der Waals surface area contributed by atoms with Gasteiger partial charge in [0.15, 0.2) is 0 Å². The Labute approximate surface area is 206 Å². The monoisotopic (exact) mass is 478 g/mol.